The first-order valence-corrected chi connectivity index (χ1v) is 8.27. The molecule has 0 atom stereocenters. The molecule has 2 N–H and O–H groups in total. The zero-order valence-corrected chi connectivity index (χ0v) is 14.8. The molecule has 0 aromatic heterocycles. The van der Waals surface area contributed by atoms with Crippen LogP contribution in [0.25, 0.3) is 0 Å². The zero-order valence-electron chi connectivity index (χ0n) is 14.8. The summed E-state index contributed by atoms with van der Waals surface area (Å²) in [5.41, 5.74) is 1.35. The van der Waals surface area contributed by atoms with Crippen molar-refractivity contribution in [2.75, 3.05) is 25.6 Å². The lowest BCUT2D eigenvalue weighted by atomic mass is 10.2. The molecule has 0 unspecified atom stereocenters. The maximum Gasteiger partial charge on any atom is 0.196 e. The molecule has 0 bridgehead atoms. The van der Waals surface area contributed by atoms with Crippen molar-refractivity contribution in [2.24, 2.45) is 4.99 Å². The van der Waals surface area contributed by atoms with Crippen molar-refractivity contribution in [1.29, 1.82) is 0 Å². The number of methoxy groups -OCH3 is 1. The summed E-state index contributed by atoms with van der Waals surface area (Å²) in [7, 11) is 1.60. The molecule has 6 heteroatoms. The number of aliphatic imine (C=N–C) groups is 1. The predicted octanol–water partition coefficient (Wildman–Crippen LogP) is 3.81. The number of anilines is 1. The highest BCUT2D eigenvalue weighted by atomic mass is 19.1. The normalized spacial score (nSPS) is 11.1. The maximum atomic E-state index is 13.7. The second-order valence-corrected chi connectivity index (χ2v) is 5.21. The molecule has 2 rings (SSSR count). The van der Waals surface area contributed by atoms with Gasteiger partial charge < -0.3 is 20.1 Å². The lowest BCUT2D eigenvalue weighted by Gasteiger charge is -2.14. The minimum Gasteiger partial charge on any atom is -0.493 e. The minimum atomic E-state index is -0.259. The zero-order chi connectivity index (χ0) is 18.1. The fourth-order valence-corrected chi connectivity index (χ4v) is 2.26. The van der Waals surface area contributed by atoms with E-state index in [1.165, 1.54) is 6.07 Å². The predicted molar refractivity (Wildman–Crippen MR) is 99.0 cm³/mol. The third-order valence-electron chi connectivity index (χ3n) is 3.44. The van der Waals surface area contributed by atoms with E-state index >= 15 is 0 Å². The van der Waals surface area contributed by atoms with Crippen LogP contribution in [0.3, 0.4) is 0 Å². The van der Waals surface area contributed by atoms with Crippen molar-refractivity contribution in [3.05, 3.63) is 53.8 Å². The van der Waals surface area contributed by atoms with E-state index in [0.717, 1.165) is 5.69 Å². The molecule has 0 saturated carbocycles. The number of hydrogen-bond donors (Lipinski definition) is 2. The van der Waals surface area contributed by atoms with Gasteiger partial charge in [0, 0.05) is 23.9 Å². The van der Waals surface area contributed by atoms with Gasteiger partial charge in [-0.3, -0.25) is 0 Å². The summed E-state index contributed by atoms with van der Waals surface area (Å²) in [4.78, 5) is 4.44. The van der Waals surface area contributed by atoms with Crippen LogP contribution in [0.15, 0.2) is 47.5 Å². The van der Waals surface area contributed by atoms with Crippen LogP contribution in [-0.4, -0.2) is 26.2 Å². The van der Waals surface area contributed by atoms with E-state index in [-0.39, 0.29) is 12.4 Å². The standard InChI is InChI=1S/C19H24FN3O2/c1-4-21-19(22-13-14-8-6-7-9-16(14)20)23-15-10-11-17(24-3)18(12-15)25-5-2/h6-12H,4-5,13H2,1-3H3,(H2,21,22,23). The van der Waals surface area contributed by atoms with Crippen LogP contribution in [0.1, 0.15) is 19.4 Å². The Balaban J connectivity index is 2.16. The van der Waals surface area contributed by atoms with E-state index in [2.05, 4.69) is 15.6 Å². The van der Waals surface area contributed by atoms with Crippen molar-refractivity contribution in [3.8, 4) is 11.5 Å². The lowest BCUT2D eigenvalue weighted by Crippen LogP contribution is -2.30. The van der Waals surface area contributed by atoms with Gasteiger partial charge >= 0.3 is 0 Å². The summed E-state index contributed by atoms with van der Waals surface area (Å²) in [6.07, 6.45) is 0. The molecule has 0 aliphatic rings. The van der Waals surface area contributed by atoms with E-state index in [1.807, 2.05) is 32.0 Å². The number of nitrogens with one attached hydrogen (secondary N) is 2. The van der Waals surface area contributed by atoms with Crippen molar-refractivity contribution in [1.82, 2.24) is 5.32 Å². The molecule has 0 heterocycles. The van der Waals surface area contributed by atoms with Gasteiger partial charge in [-0.05, 0) is 32.0 Å². The molecule has 134 valence electrons. The molecule has 0 amide bonds. The van der Waals surface area contributed by atoms with E-state index in [9.17, 15) is 4.39 Å². The quantitative estimate of drug-likeness (QED) is 0.592. The minimum absolute atomic E-state index is 0.247. The van der Waals surface area contributed by atoms with E-state index in [0.29, 0.717) is 36.2 Å². The monoisotopic (exact) mass is 345 g/mol. The Bertz CT molecular complexity index is 720. The summed E-state index contributed by atoms with van der Waals surface area (Å²) in [6.45, 7) is 5.37. The average Bonchev–Trinajstić information content (AvgIpc) is 2.61. The Hall–Kier alpha value is -2.76. The molecular weight excluding hydrogens is 321 g/mol. The number of rotatable bonds is 7. The Labute approximate surface area is 147 Å². The van der Waals surface area contributed by atoms with Gasteiger partial charge in [-0.1, -0.05) is 18.2 Å². The van der Waals surface area contributed by atoms with Gasteiger partial charge in [0.1, 0.15) is 5.82 Å². The molecule has 0 saturated heterocycles. The first kappa shape index (κ1) is 18.6. The second kappa shape index (κ2) is 9.52. The van der Waals surface area contributed by atoms with Crippen molar-refractivity contribution in [2.45, 2.75) is 20.4 Å². The molecule has 2 aromatic carbocycles. The summed E-state index contributed by atoms with van der Waals surface area (Å²) in [5.74, 6) is 1.63. The number of guanidine groups is 1. The molecule has 5 nitrogen and oxygen atoms in total. The third kappa shape index (κ3) is 5.38. The number of hydrogen-bond acceptors (Lipinski definition) is 3. The second-order valence-electron chi connectivity index (χ2n) is 5.21. The molecule has 0 radical (unpaired) electrons. The van der Waals surface area contributed by atoms with Gasteiger partial charge in [0.2, 0.25) is 0 Å². The van der Waals surface area contributed by atoms with Gasteiger partial charge in [0.15, 0.2) is 17.5 Å². The SMILES string of the molecule is CCNC(=NCc1ccccc1F)Nc1ccc(OC)c(OCC)c1. The molecule has 0 fully saturated rings. The Kier molecular flexibility index (Phi) is 7.07. The van der Waals surface area contributed by atoms with Crippen LogP contribution in [-0.2, 0) is 6.54 Å². The largest absolute Gasteiger partial charge is 0.493 e. The van der Waals surface area contributed by atoms with Crippen molar-refractivity contribution < 1.29 is 13.9 Å². The first-order chi connectivity index (χ1) is 12.2. The Morgan fingerprint density at radius 3 is 2.60 bits per heavy atom. The molecule has 0 aliphatic heterocycles. The number of halogens is 1. The number of nitrogens with zero attached hydrogens (tertiary/aromatic N) is 1. The van der Waals surface area contributed by atoms with Gasteiger partial charge in [0.05, 0.1) is 20.3 Å². The Morgan fingerprint density at radius 1 is 1.12 bits per heavy atom. The number of benzene rings is 2. The summed E-state index contributed by atoms with van der Waals surface area (Å²) < 4.78 is 24.6. The van der Waals surface area contributed by atoms with Crippen LogP contribution < -0.4 is 20.1 Å². The van der Waals surface area contributed by atoms with Gasteiger partial charge in [-0.15, -0.1) is 0 Å². The summed E-state index contributed by atoms with van der Waals surface area (Å²) in [5, 5.41) is 6.35. The fourth-order valence-electron chi connectivity index (χ4n) is 2.26. The molecule has 0 spiro atoms. The summed E-state index contributed by atoms with van der Waals surface area (Å²) >= 11 is 0. The van der Waals surface area contributed by atoms with Crippen LogP contribution in [0.4, 0.5) is 10.1 Å². The third-order valence-corrected chi connectivity index (χ3v) is 3.44. The van der Waals surface area contributed by atoms with Gasteiger partial charge in [-0.2, -0.15) is 0 Å². The maximum absolute atomic E-state index is 13.7. The van der Waals surface area contributed by atoms with Crippen molar-refractivity contribution in [3.63, 3.8) is 0 Å². The average molecular weight is 345 g/mol. The van der Waals surface area contributed by atoms with Crippen LogP contribution in [0.2, 0.25) is 0 Å². The molecular formula is C19H24FN3O2. The highest BCUT2D eigenvalue weighted by Crippen LogP contribution is 2.30. The highest BCUT2D eigenvalue weighted by Gasteiger charge is 2.07. The van der Waals surface area contributed by atoms with Gasteiger partial charge in [0.25, 0.3) is 0 Å². The molecule has 0 aliphatic carbocycles. The van der Waals surface area contributed by atoms with Crippen LogP contribution >= 0.6 is 0 Å². The smallest absolute Gasteiger partial charge is 0.196 e. The molecule has 2 aromatic rings. The summed E-state index contributed by atoms with van der Waals surface area (Å²) in [6, 6.07) is 12.2. The lowest BCUT2D eigenvalue weighted by molar-refractivity contribution is 0.311. The first-order valence-electron chi connectivity index (χ1n) is 8.27. The Morgan fingerprint density at radius 2 is 1.92 bits per heavy atom. The fraction of sp³-hybridized carbons (Fsp3) is 0.316. The highest BCUT2D eigenvalue weighted by molar-refractivity contribution is 5.93. The van der Waals surface area contributed by atoms with Crippen LogP contribution in [0, 0.1) is 5.82 Å². The van der Waals surface area contributed by atoms with E-state index < -0.39 is 0 Å². The number of ether oxygens (including phenoxy) is 2. The van der Waals surface area contributed by atoms with Gasteiger partial charge in [-0.25, -0.2) is 9.38 Å². The topological polar surface area (TPSA) is 54.9 Å². The van der Waals surface area contributed by atoms with Crippen molar-refractivity contribution >= 4 is 11.6 Å². The molecule has 25 heavy (non-hydrogen) atoms. The van der Waals surface area contributed by atoms with E-state index in [4.69, 9.17) is 9.47 Å². The van der Waals surface area contributed by atoms with Crippen LogP contribution in [0.5, 0.6) is 11.5 Å². The van der Waals surface area contributed by atoms with E-state index in [1.54, 1.807) is 25.3 Å².